The molecule has 0 saturated carbocycles. The minimum absolute atomic E-state index is 0.0557. The van der Waals surface area contributed by atoms with Crippen molar-refractivity contribution in [3.63, 3.8) is 0 Å². The second kappa shape index (κ2) is 15.4. The van der Waals surface area contributed by atoms with Gasteiger partial charge in [0.05, 0.1) is 12.2 Å². The number of nitrogens with one attached hydrogen (secondary N) is 2. The maximum absolute atomic E-state index is 11.5. The molecule has 0 saturated heterocycles. The fourth-order valence-corrected chi connectivity index (χ4v) is 2.35. The minimum atomic E-state index is -0.337. The molecule has 4 N–H and O–H groups in total. The molecule has 6 nitrogen and oxygen atoms in total. The Kier molecular flexibility index (Phi) is 14.7. The highest BCUT2D eigenvalue weighted by molar-refractivity contribution is 5.76. The van der Waals surface area contributed by atoms with Crippen LogP contribution in [0.5, 0.6) is 0 Å². The summed E-state index contributed by atoms with van der Waals surface area (Å²) in [5, 5.41) is 24.0. The summed E-state index contributed by atoms with van der Waals surface area (Å²) >= 11 is 0. The van der Waals surface area contributed by atoms with Gasteiger partial charge in [0.25, 0.3) is 0 Å². The van der Waals surface area contributed by atoms with E-state index in [1.807, 2.05) is 0 Å². The van der Waals surface area contributed by atoms with Crippen molar-refractivity contribution in [2.24, 2.45) is 0 Å². The standard InChI is InChI=1S/C18H36N2O4/c1-15(21)9-7-11-17(23)19-13-5-3-4-6-14-20-18(24)12-8-10-16(2)22/h15-16,21-22H,3-14H2,1-2H3,(H,19,23)(H,20,24). The van der Waals surface area contributed by atoms with Crippen LogP contribution in [0.4, 0.5) is 0 Å². The molecule has 0 spiro atoms. The summed E-state index contributed by atoms with van der Waals surface area (Å²) in [6, 6.07) is 0. The maximum atomic E-state index is 11.5. The average molecular weight is 344 g/mol. The van der Waals surface area contributed by atoms with Gasteiger partial charge in [-0.15, -0.1) is 0 Å². The summed E-state index contributed by atoms with van der Waals surface area (Å²) in [7, 11) is 0. The quantitative estimate of drug-likeness (QED) is 0.341. The highest BCUT2D eigenvalue weighted by atomic mass is 16.3. The Labute approximate surface area is 146 Å². The van der Waals surface area contributed by atoms with Crippen LogP contribution >= 0.6 is 0 Å². The first kappa shape index (κ1) is 22.9. The number of amides is 2. The van der Waals surface area contributed by atoms with Gasteiger partial charge in [0.2, 0.25) is 11.8 Å². The van der Waals surface area contributed by atoms with Crippen molar-refractivity contribution in [1.82, 2.24) is 10.6 Å². The van der Waals surface area contributed by atoms with Crippen LogP contribution in [-0.4, -0.2) is 47.3 Å². The topological polar surface area (TPSA) is 98.7 Å². The normalized spacial score (nSPS) is 13.3. The summed E-state index contributed by atoms with van der Waals surface area (Å²) in [6.07, 6.45) is 7.02. The molecule has 6 heteroatoms. The van der Waals surface area contributed by atoms with Gasteiger partial charge < -0.3 is 20.8 Å². The van der Waals surface area contributed by atoms with Gasteiger partial charge in [-0.05, 0) is 52.4 Å². The van der Waals surface area contributed by atoms with E-state index in [-0.39, 0.29) is 24.0 Å². The number of aliphatic hydroxyl groups excluding tert-OH is 2. The molecule has 0 aliphatic heterocycles. The zero-order valence-corrected chi connectivity index (χ0v) is 15.4. The van der Waals surface area contributed by atoms with Crippen LogP contribution < -0.4 is 10.6 Å². The molecule has 0 aromatic rings. The molecule has 0 bridgehead atoms. The van der Waals surface area contributed by atoms with Gasteiger partial charge in [-0.3, -0.25) is 9.59 Å². The van der Waals surface area contributed by atoms with Crippen molar-refractivity contribution in [3.8, 4) is 0 Å². The molecule has 2 unspecified atom stereocenters. The highest BCUT2D eigenvalue weighted by Gasteiger charge is 2.03. The van der Waals surface area contributed by atoms with Gasteiger partial charge in [0.1, 0.15) is 0 Å². The van der Waals surface area contributed by atoms with E-state index >= 15 is 0 Å². The smallest absolute Gasteiger partial charge is 0.219 e. The fourth-order valence-electron chi connectivity index (χ4n) is 2.35. The summed E-state index contributed by atoms with van der Waals surface area (Å²) in [4.78, 5) is 23.0. The molecule has 24 heavy (non-hydrogen) atoms. The van der Waals surface area contributed by atoms with Crippen LogP contribution in [0.25, 0.3) is 0 Å². The molecular weight excluding hydrogens is 308 g/mol. The van der Waals surface area contributed by atoms with Gasteiger partial charge in [-0.25, -0.2) is 0 Å². The number of carbonyl (C=O) groups is 2. The second-order valence-corrected chi connectivity index (χ2v) is 6.60. The SMILES string of the molecule is CC(O)CCCC(=O)NCCCCCCNC(=O)CCCC(C)O. The molecule has 2 amide bonds. The van der Waals surface area contributed by atoms with Crippen molar-refractivity contribution < 1.29 is 19.8 Å². The van der Waals surface area contributed by atoms with E-state index in [0.29, 0.717) is 38.8 Å². The second-order valence-electron chi connectivity index (χ2n) is 6.60. The Morgan fingerprint density at radius 3 is 1.42 bits per heavy atom. The first-order valence-corrected chi connectivity index (χ1v) is 9.31. The van der Waals surface area contributed by atoms with Gasteiger partial charge in [0, 0.05) is 25.9 Å². The third kappa shape index (κ3) is 17.2. The summed E-state index contributed by atoms with van der Waals surface area (Å²) in [6.45, 7) is 4.85. The van der Waals surface area contributed by atoms with E-state index in [4.69, 9.17) is 10.2 Å². The molecular formula is C18H36N2O4. The third-order valence-electron chi connectivity index (χ3n) is 3.80. The minimum Gasteiger partial charge on any atom is -0.393 e. The van der Waals surface area contributed by atoms with Crippen LogP contribution in [0.2, 0.25) is 0 Å². The molecule has 0 aromatic heterocycles. The molecule has 0 radical (unpaired) electrons. The van der Waals surface area contributed by atoms with Crippen molar-refractivity contribution in [1.29, 1.82) is 0 Å². The Morgan fingerprint density at radius 2 is 1.08 bits per heavy atom. The number of carbonyl (C=O) groups excluding carboxylic acids is 2. The first-order valence-electron chi connectivity index (χ1n) is 9.31. The number of hydrogen-bond donors (Lipinski definition) is 4. The van der Waals surface area contributed by atoms with Crippen LogP contribution in [-0.2, 0) is 9.59 Å². The summed E-state index contributed by atoms with van der Waals surface area (Å²) in [5.74, 6) is 0.111. The monoisotopic (exact) mass is 344 g/mol. The van der Waals surface area contributed by atoms with Crippen LogP contribution in [0.1, 0.15) is 78.1 Å². The predicted molar refractivity (Wildman–Crippen MR) is 95.6 cm³/mol. The van der Waals surface area contributed by atoms with Crippen molar-refractivity contribution in [2.45, 2.75) is 90.3 Å². The van der Waals surface area contributed by atoms with Crippen molar-refractivity contribution >= 4 is 11.8 Å². The average Bonchev–Trinajstić information content (AvgIpc) is 2.49. The molecule has 0 heterocycles. The number of unbranched alkanes of at least 4 members (excludes halogenated alkanes) is 3. The molecule has 0 rings (SSSR count). The van der Waals surface area contributed by atoms with Gasteiger partial charge in [-0.2, -0.15) is 0 Å². The van der Waals surface area contributed by atoms with E-state index in [0.717, 1.165) is 38.5 Å². The highest BCUT2D eigenvalue weighted by Crippen LogP contribution is 2.02. The Hall–Kier alpha value is -1.14. The van der Waals surface area contributed by atoms with E-state index in [2.05, 4.69) is 10.6 Å². The van der Waals surface area contributed by atoms with Crippen LogP contribution in [0.15, 0.2) is 0 Å². The van der Waals surface area contributed by atoms with E-state index < -0.39 is 0 Å². The summed E-state index contributed by atoms with van der Waals surface area (Å²) in [5.41, 5.74) is 0. The van der Waals surface area contributed by atoms with Gasteiger partial charge in [0.15, 0.2) is 0 Å². The number of hydrogen-bond acceptors (Lipinski definition) is 4. The fraction of sp³-hybridized carbons (Fsp3) is 0.889. The zero-order valence-electron chi connectivity index (χ0n) is 15.4. The lowest BCUT2D eigenvalue weighted by molar-refractivity contribution is -0.122. The van der Waals surface area contributed by atoms with Crippen molar-refractivity contribution in [3.05, 3.63) is 0 Å². The lowest BCUT2D eigenvalue weighted by Crippen LogP contribution is -2.25. The van der Waals surface area contributed by atoms with E-state index in [1.54, 1.807) is 13.8 Å². The molecule has 2 atom stereocenters. The Bertz CT molecular complexity index is 301. The Balaban J connectivity index is 3.30. The molecule has 0 aromatic carbocycles. The van der Waals surface area contributed by atoms with E-state index in [9.17, 15) is 9.59 Å². The number of aliphatic hydroxyl groups is 2. The van der Waals surface area contributed by atoms with Crippen molar-refractivity contribution in [2.75, 3.05) is 13.1 Å². The summed E-state index contributed by atoms with van der Waals surface area (Å²) < 4.78 is 0. The maximum Gasteiger partial charge on any atom is 0.219 e. The predicted octanol–water partition coefficient (Wildman–Crippen LogP) is 1.88. The number of rotatable bonds is 15. The largest absolute Gasteiger partial charge is 0.393 e. The van der Waals surface area contributed by atoms with Gasteiger partial charge in [-0.1, -0.05) is 12.8 Å². The lowest BCUT2D eigenvalue weighted by Gasteiger charge is -2.07. The molecule has 0 aliphatic rings. The molecule has 0 aliphatic carbocycles. The molecule has 0 fully saturated rings. The van der Waals surface area contributed by atoms with Crippen LogP contribution in [0.3, 0.4) is 0 Å². The van der Waals surface area contributed by atoms with Crippen LogP contribution in [0, 0.1) is 0 Å². The van der Waals surface area contributed by atoms with Gasteiger partial charge >= 0.3 is 0 Å². The molecule has 142 valence electrons. The van der Waals surface area contributed by atoms with E-state index in [1.165, 1.54) is 0 Å². The third-order valence-corrected chi connectivity index (χ3v) is 3.80. The lowest BCUT2D eigenvalue weighted by atomic mass is 10.1. The first-order chi connectivity index (χ1) is 11.4. The Morgan fingerprint density at radius 1 is 0.708 bits per heavy atom. The zero-order chi connectivity index (χ0) is 18.2.